The predicted octanol–water partition coefficient (Wildman–Crippen LogP) is 3.92. The highest BCUT2D eigenvalue weighted by Crippen LogP contribution is 2.37. The van der Waals surface area contributed by atoms with Gasteiger partial charge in [0.15, 0.2) is 11.4 Å². The van der Waals surface area contributed by atoms with Crippen molar-refractivity contribution in [2.75, 3.05) is 5.73 Å². The topological polar surface area (TPSA) is 64.1 Å². The number of hydrogen-bond acceptors (Lipinski definition) is 3. The number of benzene rings is 3. The van der Waals surface area contributed by atoms with Crippen LogP contribution in [0.15, 0.2) is 78.9 Å². The van der Waals surface area contributed by atoms with Gasteiger partial charge < -0.3 is 15.4 Å². The molecule has 1 heterocycles. The van der Waals surface area contributed by atoms with Crippen molar-refractivity contribution in [2.24, 2.45) is 0 Å². The Morgan fingerprint density at radius 2 is 1.50 bits per heavy atom. The Hall–Kier alpha value is -3.11. The summed E-state index contributed by atoms with van der Waals surface area (Å²) in [5.41, 5.74) is 8.62. The van der Waals surface area contributed by atoms with Gasteiger partial charge in [0.05, 0.1) is 11.0 Å². The zero-order chi connectivity index (χ0) is 18.1. The minimum Gasteiger partial charge on any atom is -0.399 e. The normalized spacial score (nSPS) is 11.8. The molecule has 4 heteroatoms. The Balaban J connectivity index is 2.06. The van der Waals surface area contributed by atoms with Crippen molar-refractivity contribution >= 4 is 16.7 Å². The fourth-order valence-electron chi connectivity index (χ4n) is 3.52. The second kappa shape index (κ2) is 6.32. The highest BCUT2D eigenvalue weighted by molar-refractivity contribution is 5.80. The second-order valence-corrected chi connectivity index (χ2v) is 6.37. The Kier molecular flexibility index (Phi) is 3.98. The zero-order valence-corrected chi connectivity index (χ0v) is 14.6. The molecule has 0 radical (unpaired) electrons. The van der Waals surface area contributed by atoms with Crippen molar-refractivity contribution in [1.29, 1.82) is 0 Å². The molecule has 4 nitrogen and oxygen atoms in total. The van der Waals surface area contributed by atoms with Gasteiger partial charge in [0, 0.05) is 12.2 Å². The lowest BCUT2D eigenvalue weighted by Crippen LogP contribution is -2.32. The largest absolute Gasteiger partial charge is 0.399 e. The molecule has 4 rings (SSSR count). The molecule has 130 valence electrons. The van der Waals surface area contributed by atoms with E-state index in [1.165, 1.54) is 0 Å². The van der Waals surface area contributed by atoms with Gasteiger partial charge in [0.25, 0.3) is 0 Å². The molecule has 0 bridgehead atoms. The van der Waals surface area contributed by atoms with E-state index in [2.05, 4.69) is 0 Å². The van der Waals surface area contributed by atoms with Crippen LogP contribution in [0.1, 0.15) is 23.9 Å². The minimum absolute atomic E-state index is 0.595. The molecule has 0 amide bonds. The second-order valence-electron chi connectivity index (χ2n) is 6.37. The molecular formula is C22H21N3O. The summed E-state index contributed by atoms with van der Waals surface area (Å²) in [5.74, 6) is 0.595. The van der Waals surface area contributed by atoms with Crippen molar-refractivity contribution in [1.82, 2.24) is 9.55 Å². The predicted molar refractivity (Wildman–Crippen MR) is 105 cm³/mol. The Morgan fingerprint density at radius 1 is 0.923 bits per heavy atom. The van der Waals surface area contributed by atoms with Crippen molar-refractivity contribution < 1.29 is 5.11 Å². The van der Waals surface area contributed by atoms with E-state index in [1.807, 2.05) is 90.4 Å². The molecule has 0 saturated heterocycles. The van der Waals surface area contributed by atoms with E-state index in [4.69, 9.17) is 10.7 Å². The number of aromatic nitrogens is 2. The quantitative estimate of drug-likeness (QED) is 0.552. The van der Waals surface area contributed by atoms with Crippen LogP contribution in [-0.4, -0.2) is 14.7 Å². The molecular weight excluding hydrogens is 322 g/mol. The highest BCUT2D eigenvalue weighted by atomic mass is 16.3. The summed E-state index contributed by atoms with van der Waals surface area (Å²) >= 11 is 0. The number of aliphatic hydroxyl groups is 1. The molecule has 1 aromatic heterocycles. The number of fused-ring (bicyclic) bond motifs is 1. The van der Waals surface area contributed by atoms with E-state index in [1.54, 1.807) is 0 Å². The van der Waals surface area contributed by atoms with E-state index in [-0.39, 0.29) is 0 Å². The molecule has 3 aromatic carbocycles. The van der Waals surface area contributed by atoms with Crippen LogP contribution < -0.4 is 5.73 Å². The average molecular weight is 343 g/mol. The molecule has 0 saturated carbocycles. The van der Waals surface area contributed by atoms with Crippen LogP contribution >= 0.6 is 0 Å². The first kappa shape index (κ1) is 16.4. The van der Waals surface area contributed by atoms with Crippen LogP contribution in [0.3, 0.4) is 0 Å². The van der Waals surface area contributed by atoms with Gasteiger partial charge in [0.1, 0.15) is 0 Å². The van der Waals surface area contributed by atoms with Crippen molar-refractivity contribution in [3.63, 3.8) is 0 Å². The Labute approximate surface area is 152 Å². The first-order valence-corrected chi connectivity index (χ1v) is 8.74. The number of nitrogens with zero attached hydrogens (tertiary/aromatic N) is 2. The SMILES string of the molecule is CCn1c(C(O)(c2ccccc2)c2ccccc2)nc2ccc(N)cc21. The first-order valence-electron chi connectivity index (χ1n) is 8.74. The Morgan fingerprint density at radius 3 is 2.04 bits per heavy atom. The highest BCUT2D eigenvalue weighted by Gasteiger charge is 2.38. The monoisotopic (exact) mass is 343 g/mol. The van der Waals surface area contributed by atoms with E-state index in [9.17, 15) is 5.11 Å². The van der Waals surface area contributed by atoms with Crippen LogP contribution in [-0.2, 0) is 12.1 Å². The molecule has 0 fully saturated rings. The van der Waals surface area contributed by atoms with Gasteiger partial charge in [-0.25, -0.2) is 4.98 Å². The maximum absolute atomic E-state index is 12.0. The zero-order valence-electron chi connectivity index (χ0n) is 14.6. The number of anilines is 1. The van der Waals surface area contributed by atoms with Crippen molar-refractivity contribution in [3.8, 4) is 0 Å². The fourth-order valence-corrected chi connectivity index (χ4v) is 3.52. The van der Waals surface area contributed by atoms with Crippen molar-refractivity contribution in [3.05, 3.63) is 95.8 Å². The molecule has 26 heavy (non-hydrogen) atoms. The van der Waals surface area contributed by atoms with Gasteiger partial charge in [-0.3, -0.25) is 0 Å². The number of imidazole rings is 1. The standard InChI is InChI=1S/C22H21N3O/c1-2-25-20-15-18(23)13-14-19(20)24-21(25)22(26,16-9-5-3-6-10-16)17-11-7-4-8-12-17/h3-15,26H,2,23H2,1H3. The van der Waals surface area contributed by atoms with Crippen molar-refractivity contribution in [2.45, 2.75) is 19.1 Å². The minimum atomic E-state index is -1.35. The summed E-state index contributed by atoms with van der Waals surface area (Å²) in [4.78, 5) is 4.81. The summed E-state index contributed by atoms with van der Waals surface area (Å²) in [7, 11) is 0. The average Bonchev–Trinajstić information content (AvgIpc) is 3.06. The molecule has 0 aliphatic rings. The van der Waals surface area contributed by atoms with E-state index >= 15 is 0 Å². The molecule has 3 N–H and O–H groups in total. The fraction of sp³-hybridized carbons (Fsp3) is 0.136. The maximum Gasteiger partial charge on any atom is 0.173 e. The van der Waals surface area contributed by atoms with Gasteiger partial charge in [0.2, 0.25) is 0 Å². The summed E-state index contributed by atoms with van der Waals surface area (Å²) in [5, 5.41) is 12.0. The molecule has 4 aromatic rings. The van der Waals surface area contributed by atoms with E-state index < -0.39 is 5.60 Å². The third-order valence-corrected chi connectivity index (χ3v) is 4.80. The lowest BCUT2D eigenvalue weighted by atomic mass is 9.85. The van der Waals surface area contributed by atoms with Gasteiger partial charge in [-0.2, -0.15) is 0 Å². The third kappa shape index (κ3) is 2.47. The molecule has 0 atom stereocenters. The molecule has 0 aliphatic heterocycles. The van der Waals surface area contributed by atoms with Gasteiger partial charge in [-0.1, -0.05) is 60.7 Å². The number of aryl methyl sites for hydroxylation is 1. The van der Waals surface area contributed by atoms with Gasteiger partial charge >= 0.3 is 0 Å². The lowest BCUT2D eigenvalue weighted by Gasteiger charge is -2.29. The summed E-state index contributed by atoms with van der Waals surface area (Å²) in [6.07, 6.45) is 0. The smallest absolute Gasteiger partial charge is 0.173 e. The maximum atomic E-state index is 12.0. The van der Waals surface area contributed by atoms with Gasteiger partial charge in [-0.05, 0) is 36.2 Å². The summed E-state index contributed by atoms with van der Waals surface area (Å²) in [6.45, 7) is 2.72. The van der Waals surface area contributed by atoms with Crippen LogP contribution in [0.5, 0.6) is 0 Å². The third-order valence-electron chi connectivity index (χ3n) is 4.80. The van der Waals surface area contributed by atoms with E-state index in [0.29, 0.717) is 18.1 Å². The first-order chi connectivity index (χ1) is 12.6. The Bertz CT molecular complexity index is 1000. The van der Waals surface area contributed by atoms with Crippen LogP contribution in [0, 0.1) is 0 Å². The number of nitrogen functional groups attached to an aromatic ring is 1. The molecule has 0 aliphatic carbocycles. The van der Waals surface area contributed by atoms with E-state index in [0.717, 1.165) is 22.2 Å². The van der Waals surface area contributed by atoms with Crippen LogP contribution in [0.25, 0.3) is 11.0 Å². The summed E-state index contributed by atoms with van der Waals surface area (Å²) < 4.78 is 2.03. The van der Waals surface area contributed by atoms with Gasteiger partial charge in [-0.15, -0.1) is 0 Å². The number of rotatable bonds is 4. The number of hydrogen-bond donors (Lipinski definition) is 2. The van der Waals surface area contributed by atoms with Crippen LogP contribution in [0.2, 0.25) is 0 Å². The molecule has 0 spiro atoms. The molecule has 0 unspecified atom stereocenters. The lowest BCUT2D eigenvalue weighted by molar-refractivity contribution is 0.112. The van der Waals surface area contributed by atoms with Crippen LogP contribution in [0.4, 0.5) is 5.69 Å². The number of nitrogens with two attached hydrogens (primary N) is 1. The summed E-state index contributed by atoms with van der Waals surface area (Å²) in [6, 6.07) is 25.0.